The van der Waals surface area contributed by atoms with Gasteiger partial charge in [-0.1, -0.05) is 140 Å². The van der Waals surface area contributed by atoms with Crippen LogP contribution in [-0.4, -0.2) is 0 Å². The van der Waals surface area contributed by atoms with Crippen LogP contribution in [0.4, 0.5) is 0 Å². The van der Waals surface area contributed by atoms with Crippen LogP contribution < -0.4 is 0 Å². The average molecular weight is 665 g/mol. The molecule has 4 saturated carbocycles. The molecule has 0 N–H and O–H groups in total. The minimum Gasteiger partial charge on any atom is -0.0622 e. The highest BCUT2D eigenvalue weighted by Crippen LogP contribution is 2.70. The molecule has 4 fully saturated rings. The van der Waals surface area contributed by atoms with Crippen LogP contribution in [0.3, 0.4) is 0 Å². The Balaban J connectivity index is 1.17. The van der Waals surface area contributed by atoms with Crippen molar-refractivity contribution in [3.63, 3.8) is 0 Å². The minimum atomic E-state index is 0.113. The molecule has 5 aliphatic rings. The molecule has 0 unspecified atom stereocenters. The largest absolute Gasteiger partial charge is 0.0622 e. The first-order valence-corrected chi connectivity index (χ1v) is 19.5. The molecule has 0 saturated heterocycles. The van der Waals surface area contributed by atoms with Crippen LogP contribution in [0, 0.1) is 23.7 Å². The van der Waals surface area contributed by atoms with Gasteiger partial charge in [0.1, 0.15) is 0 Å². The van der Waals surface area contributed by atoms with Crippen molar-refractivity contribution in [2.45, 2.75) is 37.5 Å². The van der Waals surface area contributed by atoms with Crippen molar-refractivity contribution in [2.75, 3.05) is 0 Å². The van der Waals surface area contributed by atoms with Crippen molar-refractivity contribution < 1.29 is 0 Å². The standard InChI is InChI=1S/C52H40/c1-2-12-34(13-3-1)35-16-10-17-38(29-35)49-41-18-6-8-20-43(41)50(44-21-9-7-19-42(44)49)45-22-11-23-47-51(45)46-30-36-14-4-5-15-37(36)31-48(46)52(47)39-25-32-24-33(27-39)28-40(52)26-32/h1-23,29-33,39-40H,24-28H2. The molecule has 0 amide bonds. The summed E-state index contributed by atoms with van der Waals surface area (Å²) >= 11 is 0. The monoisotopic (exact) mass is 664 g/mol. The van der Waals surface area contributed by atoms with E-state index in [0.717, 1.165) is 23.7 Å². The predicted molar refractivity (Wildman–Crippen MR) is 219 cm³/mol. The zero-order valence-corrected chi connectivity index (χ0v) is 29.4. The molecule has 0 atom stereocenters. The summed E-state index contributed by atoms with van der Waals surface area (Å²) in [6, 6.07) is 60.1. The summed E-state index contributed by atoms with van der Waals surface area (Å²) in [5.74, 6) is 3.30. The molecule has 0 nitrogen and oxygen atoms in total. The average Bonchev–Trinajstić information content (AvgIpc) is 3.48. The fourth-order valence-electron chi connectivity index (χ4n) is 12.4. The number of hydrogen-bond acceptors (Lipinski definition) is 0. The van der Waals surface area contributed by atoms with Gasteiger partial charge in [0.2, 0.25) is 0 Å². The molecule has 4 bridgehead atoms. The van der Waals surface area contributed by atoms with E-state index in [2.05, 4.69) is 158 Å². The van der Waals surface area contributed by atoms with Gasteiger partial charge in [0, 0.05) is 5.41 Å². The molecule has 1 spiro atoms. The summed E-state index contributed by atoms with van der Waals surface area (Å²) in [6.45, 7) is 0. The summed E-state index contributed by atoms with van der Waals surface area (Å²) < 4.78 is 0. The summed E-state index contributed by atoms with van der Waals surface area (Å²) in [6.07, 6.45) is 7.05. The van der Waals surface area contributed by atoms with E-state index in [4.69, 9.17) is 0 Å². The molecule has 0 heteroatoms. The molecule has 8 aromatic rings. The predicted octanol–water partition coefficient (Wildman–Crippen LogP) is 13.9. The smallest absolute Gasteiger partial charge is 0.0272 e. The van der Waals surface area contributed by atoms with Gasteiger partial charge < -0.3 is 0 Å². The first-order valence-electron chi connectivity index (χ1n) is 19.5. The lowest BCUT2D eigenvalue weighted by atomic mass is 9.43. The van der Waals surface area contributed by atoms with Crippen molar-refractivity contribution in [1.82, 2.24) is 0 Å². The number of hydrogen-bond donors (Lipinski definition) is 0. The number of benzene rings is 8. The van der Waals surface area contributed by atoms with Crippen molar-refractivity contribution >= 4 is 32.3 Å². The fraction of sp³-hybridized carbons (Fsp3) is 0.192. The van der Waals surface area contributed by atoms with E-state index in [1.807, 2.05) is 0 Å². The van der Waals surface area contributed by atoms with E-state index < -0.39 is 0 Å². The zero-order valence-electron chi connectivity index (χ0n) is 29.4. The number of fused-ring (bicyclic) bond motifs is 6. The minimum absolute atomic E-state index is 0.113. The molecule has 0 heterocycles. The van der Waals surface area contributed by atoms with Crippen LogP contribution in [0.1, 0.15) is 43.2 Å². The van der Waals surface area contributed by atoms with E-state index in [0.29, 0.717) is 0 Å². The van der Waals surface area contributed by atoms with Gasteiger partial charge in [-0.3, -0.25) is 0 Å². The maximum absolute atomic E-state index is 2.63. The molecule has 0 aromatic heterocycles. The molecule has 5 aliphatic carbocycles. The Hall–Kier alpha value is -5.46. The first-order chi connectivity index (χ1) is 25.8. The second-order valence-corrected chi connectivity index (χ2v) is 16.4. The molecule has 248 valence electrons. The van der Waals surface area contributed by atoms with Gasteiger partial charge in [-0.25, -0.2) is 0 Å². The van der Waals surface area contributed by atoms with Crippen molar-refractivity contribution in [3.05, 3.63) is 169 Å². The van der Waals surface area contributed by atoms with Crippen LogP contribution in [-0.2, 0) is 5.41 Å². The summed E-state index contributed by atoms with van der Waals surface area (Å²) in [5, 5.41) is 8.05. The normalized spacial score (nSPS) is 23.8. The third-order valence-electron chi connectivity index (χ3n) is 14.0. The molecule has 0 radical (unpaired) electrons. The summed E-state index contributed by atoms with van der Waals surface area (Å²) in [4.78, 5) is 0. The van der Waals surface area contributed by atoms with Gasteiger partial charge in [-0.2, -0.15) is 0 Å². The maximum Gasteiger partial charge on any atom is 0.0272 e. The van der Waals surface area contributed by atoms with Gasteiger partial charge in [0.25, 0.3) is 0 Å². The molecule has 13 rings (SSSR count). The van der Waals surface area contributed by atoms with Gasteiger partial charge in [-0.05, 0) is 162 Å². The lowest BCUT2D eigenvalue weighted by molar-refractivity contribution is -0.0398. The lowest BCUT2D eigenvalue weighted by Gasteiger charge is -2.61. The quantitative estimate of drug-likeness (QED) is 0.165. The highest BCUT2D eigenvalue weighted by Gasteiger charge is 2.61. The maximum atomic E-state index is 2.63. The third kappa shape index (κ3) is 3.88. The van der Waals surface area contributed by atoms with Gasteiger partial charge in [0.05, 0.1) is 0 Å². The Labute approximate surface area is 305 Å². The molecular formula is C52H40. The summed E-state index contributed by atoms with van der Waals surface area (Å²) in [7, 11) is 0. The number of rotatable bonds is 3. The van der Waals surface area contributed by atoms with E-state index in [1.54, 1.807) is 11.1 Å². The van der Waals surface area contributed by atoms with Gasteiger partial charge >= 0.3 is 0 Å². The Kier molecular flexibility index (Phi) is 6.04. The highest BCUT2D eigenvalue weighted by atomic mass is 14.6. The molecule has 0 aliphatic heterocycles. The van der Waals surface area contributed by atoms with Crippen molar-refractivity contribution in [2.24, 2.45) is 23.7 Å². The fourth-order valence-corrected chi connectivity index (χ4v) is 12.4. The SMILES string of the molecule is c1ccc(-c2cccc(-c3c4ccccc4c(-c4cccc5c4-c4cc6ccccc6cc4C54C5CC6CC(C5)CC4C6)c4ccccc34)c2)cc1. The highest BCUT2D eigenvalue weighted by molar-refractivity contribution is 6.23. The first kappa shape index (κ1) is 29.2. The summed E-state index contributed by atoms with van der Waals surface area (Å²) in [5.41, 5.74) is 14.2. The van der Waals surface area contributed by atoms with Crippen LogP contribution in [0.2, 0.25) is 0 Å². The third-order valence-corrected chi connectivity index (χ3v) is 14.0. The van der Waals surface area contributed by atoms with E-state index >= 15 is 0 Å². The van der Waals surface area contributed by atoms with Gasteiger partial charge in [-0.15, -0.1) is 0 Å². The van der Waals surface area contributed by atoms with E-state index in [-0.39, 0.29) is 5.41 Å². The Morgan fingerprint density at radius 3 is 1.56 bits per heavy atom. The second kappa shape index (κ2) is 10.8. The van der Waals surface area contributed by atoms with E-state index in [1.165, 1.54) is 109 Å². The van der Waals surface area contributed by atoms with Gasteiger partial charge in [0.15, 0.2) is 0 Å². The molecule has 8 aromatic carbocycles. The van der Waals surface area contributed by atoms with Crippen molar-refractivity contribution in [3.8, 4) is 44.5 Å². The van der Waals surface area contributed by atoms with Crippen molar-refractivity contribution in [1.29, 1.82) is 0 Å². The van der Waals surface area contributed by atoms with Crippen LogP contribution >= 0.6 is 0 Å². The van der Waals surface area contributed by atoms with Crippen LogP contribution in [0.5, 0.6) is 0 Å². The molecular weight excluding hydrogens is 625 g/mol. The molecule has 52 heavy (non-hydrogen) atoms. The second-order valence-electron chi connectivity index (χ2n) is 16.4. The van der Waals surface area contributed by atoms with Crippen LogP contribution in [0.25, 0.3) is 76.8 Å². The topological polar surface area (TPSA) is 0 Å². The Bertz CT molecular complexity index is 2660. The lowest BCUT2D eigenvalue weighted by Crippen LogP contribution is -2.55. The Morgan fingerprint density at radius 2 is 0.885 bits per heavy atom. The Morgan fingerprint density at radius 1 is 0.346 bits per heavy atom. The zero-order chi connectivity index (χ0) is 34.0. The van der Waals surface area contributed by atoms with E-state index in [9.17, 15) is 0 Å². The van der Waals surface area contributed by atoms with Crippen LogP contribution in [0.15, 0.2) is 158 Å².